The van der Waals surface area contributed by atoms with Crippen LogP contribution in [0.4, 0.5) is 0 Å². The summed E-state index contributed by atoms with van der Waals surface area (Å²) in [5.74, 6) is 5.88. The van der Waals surface area contributed by atoms with Gasteiger partial charge < -0.3 is 0 Å². The highest BCUT2D eigenvalue weighted by Gasteiger charge is 2.28. The fourth-order valence-corrected chi connectivity index (χ4v) is 2.15. The summed E-state index contributed by atoms with van der Waals surface area (Å²) in [5, 5.41) is 0. The number of hydrogen-bond acceptors (Lipinski definition) is 2. The molecule has 0 spiro atoms. The highest BCUT2D eigenvalue weighted by atomic mass is 16.2. The molecule has 0 heterocycles. The van der Waals surface area contributed by atoms with Crippen molar-refractivity contribution < 1.29 is 4.79 Å². The zero-order valence-corrected chi connectivity index (χ0v) is 7.68. The molecule has 0 aliphatic heterocycles. The molecule has 3 nitrogen and oxygen atoms in total. The van der Waals surface area contributed by atoms with E-state index in [-0.39, 0.29) is 11.8 Å². The van der Waals surface area contributed by atoms with Crippen LogP contribution in [0.5, 0.6) is 0 Å². The van der Waals surface area contributed by atoms with Gasteiger partial charge in [0.15, 0.2) is 0 Å². The minimum absolute atomic E-state index is 0.0292. The van der Waals surface area contributed by atoms with Crippen LogP contribution >= 0.6 is 0 Å². The van der Waals surface area contributed by atoms with Gasteiger partial charge in [-0.3, -0.25) is 10.2 Å². The molecule has 70 valence electrons. The SMILES string of the molecule is CCC1CCCCC1C(=O)NN. The predicted molar refractivity (Wildman–Crippen MR) is 48.1 cm³/mol. The molecule has 1 amide bonds. The monoisotopic (exact) mass is 170 g/mol. The molecule has 1 fully saturated rings. The van der Waals surface area contributed by atoms with E-state index in [1.54, 1.807) is 0 Å². The number of nitrogens with two attached hydrogens (primary N) is 1. The largest absolute Gasteiger partial charge is 0.294 e. The maximum atomic E-state index is 11.3. The summed E-state index contributed by atoms with van der Waals surface area (Å²) in [7, 11) is 0. The Labute approximate surface area is 73.7 Å². The van der Waals surface area contributed by atoms with Crippen LogP contribution in [0.2, 0.25) is 0 Å². The first-order valence-corrected chi connectivity index (χ1v) is 4.80. The summed E-state index contributed by atoms with van der Waals surface area (Å²) < 4.78 is 0. The second-order valence-electron chi connectivity index (χ2n) is 3.57. The molecule has 2 atom stereocenters. The lowest BCUT2D eigenvalue weighted by Crippen LogP contribution is -2.40. The van der Waals surface area contributed by atoms with Crippen molar-refractivity contribution >= 4 is 5.91 Å². The number of hydrazine groups is 1. The van der Waals surface area contributed by atoms with Gasteiger partial charge in [-0.2, -0.15) is 0 Å². The summed E-state index contributed by atoms with van der Waals surface area (Å²) in [6, 6.07) is 0. The van der Waals surface area contributed by atoms with Gasteiger partial charge in [-0.05, 0) is 18.8 Å². The lowest BCUT2D eigenvalue weighted by atomic mass is 9.77. The van der Waals surface area contributed by atoms with E-state index in [4.69, 9.17) is 5.84 Å². The Morgan fingerprint density at radius 1 is 1.50 bits per heavy atom. The van der Waals surface area contributed by atoms with Gasteiger partial charge in [0.25, 0.3) is 0 Å². The Morgan fingerprint density at radius 2 is 2.17 bits per heavy atom. The Kier molecular flexibility index (Phi) is 3.53. The number of rotatable bonds is 2. The fraction of sp³-hybridized carbons (Fsp3) is 0.889. The molecular formula is C9H18N2O. The van der Waals surface area contributed by atoms with E-state index in [1.165, 1.54) is 19.3 Å². The third-order valence-electron chi connectivity index (χ3n) is 2.91. The molecule has 0 aromatic carbocycles. The summed E-state index contributed by atoms with van der Waals surface area (Å²) in [5.41, 5.74) is 2.26. The normalized spacial score (nSPS) is 29.8. The van der Waals surface area contributed by atoms with Crippen LogP contribution in [0.3, 0.4) is 0 Å². The molecule has 0 saturated heterocycles. The van der Waals surface area contributed by atoms with Crippen molar-refractivity contribution in [1.29, 1.82) is 0 Å². The van der Waals surface area contributed by atoms with Crippen LogP contribution in [0, 0.1) is 11.8 Å². The quantitative estimate of drug-likeness (QED) is 0.371. The molecule has 0 aromatic heterocycles. The van der Waals surface area contributed by atoms with Crippen LogP contribution in [0.15, 0.2) is 0 Å². The average Bonchev–Trinajstić information content (AvgIpc) is 2.16. The van der Waals surface area contributed by atoms with Crippen LogP contribution in [0.25, 0.3) is 0 Å². The average molecular weight is 170 g/mol. The van der Waals surface area contributed by atoms with E-state index in [9.17, 15) is 4.79 Å². The minimum Gasteiger partial charge on any atom is -0.294 e. The predicted octanol–water partition coefficient (Wildman–Crippen LogP) is 1.19. The molecule has 1 aliphatic rings. The first-order valence-electron chi connectivity index (χ1n) is 4.80. The number of hydrogen-bond donors (Lipinski definition) is 2. The highest BCUT2D eigenvalue weighted by molar-refractivity contribution is 5.78. The number of carbonyl (C=O) groups excluding carboxylic acids is 1. The van der Waals surface area contributed by atoms with Gasteiger partial charge in [0.2, 0.25) is 5.91 Å². The van der Waals surface area contributed by atoms with E-state index in [0.717, 1.165) is 12.8 Å². The Hall–Kier alpha value is -0.570. The molecule has 3 heteroatoms. The van der Waals surface area contributed by atoms with Gasteiger partial charge >= 0.3 is 0 Å². The molecule has 1 saturated carbocycles. The zero-order chi connectivity index (χ0) is 8.97. The van der Waals surface area contributed by atoms with Crippen molar-refractivity contribution in [1.82, 2.24) is 5.43 Å². The van der Waals surface area contributed by atoms with Crippen molar-refractivity contribution in [2.24, 2.45) is 17.7 Å². The van der Waals surface area contributed by atoms with E-state index in [1.807, 2.05) is 0 Å². The summed E-state index contributed by atoms with van der Waals surface area (Å²) in [4.78, 5) is 11.3. The standard InChI is InChI=1S/C9H18N2O/c1-2-7-5-3-4-6-8(7)9(12)11-10/h7-8H,2-6,10H2,1H3,(H,11,12). The minimum atomic E-state index is 0.0292. The first-order chi connectivity index (χ1) is 5.79. The van der Waals surface area contributed by atoms with Gasteiger partial charge in [0.05, 0.1) is 0 Å². The molecular weight excluding hydrogens is 152 g/mol. The van der Waals surface area contributed by atoms with Crippen LogP contribution in [0.1, 0.15) is 39.0 Å². The zero-order valence-electron chi connectivity index (χ0n) is 7.68. The topological polar surface area (TPSA) is 55.1 Å². The molecule has 0 bridgehead atoms. The summed E-state index contributed by atoms with van der Waals surface area (Å²) in [6.45, 7) is 2.15. The van der Waals surface area contributed by atoms with Crippen molar-refractivity contribution in [3.63, 3.8) is 0 Å². The molecule has 0 radical (unpaired) electrons. The number of carbonyl (C=O) groups is 1. The van der Waals surface area contributed by atoms with Gasteiger partial charge in [-0.1, -0.05) is 26.2 Å². The van der Waals surface area contributed by atoms with Gasteiger partial charge in [0, 0.05) is 5.92 Å². The second kappa shape index (κ2) is 4.45. The molecule has 12 heavy (non-hydrogen) atoms. The molecule has 1 aliphatic carbocycles. The highest BCUT2D eigenvalue weighted by Crippen LogP contribution is 2.31. The van der Waals surface area contributed by atoms with E-state index < -0.39 is 0 Å². The second-order valence-corrected chi connectivity index (χ2v) is 3.57. The Bertz CT molecular complexity index is 159. The molecule has 1 rings (SSSR count). The summed E-state index contributed by atoms with van der Waals surface area (Å²) >= 11 is 0. The Morgan fingerprint density at radius 3 is 2.75 bits per heavy atom. The summed E-state index contributed by atoms with van der Waals surface area (Å²) in [6.07, 6.45) is 5.75. The molecule has 0 aromatic rings. The van der Waals surface area contributed by atoms with E-state index in [0.29, 0.717) is 5.92 Å². The maximum absolute atomic E-state index is 11.3. The first kappa shape index (κ1) is 9.52. The van der Waals surface area contributed by atoms with Gasteiger partial charge in [-0.15, -0.1) is 0 Å². The smallest absolute Gasteiger partial charge is 0.237 e. The van der Waals surface area contributed by atoms with Crippen molar-refractivity contribution in [2.75, 3.05) is 0 Å². The van der Waals surface area contributed by atoms with Gasteiger partial charge in [-0.25, -0.2) is 5.84 Å². The number of nitrogens with one attached hydrogen (secondary N) is 1. The van der Waals surface area contributed by atoms with Gasteiger partial charge in [0.1, 0.15) is 0 Å². The van der Waals surface area contributed by atoms with E-state index >= 15 is 0 Å². The lowest BCUT2D eigenvalue weighted by molar-refractivity contribution is -0.127. The van der Waals surface area contributed by atoms with Crippen LogP contribution < -0.4 is 11.3 Å². The number of amides is 1. The third-order valence-corrected chi connectivity index (χ3v) is 2.91. The lowest BCUT2D eigenvalue weighted by Gasteiger charge is -2.28. The van der Waals surface area contributed by atoms with Crippen molar-refractivity contribution in [3.05, 3.63) is 0 Å². The maximum Gasteiger partial charge on any atom is 0.237 e. The fourth-order valence-electron chi connectivity index (χ4n) is 2.15. The van der Waals surface area contributed by atoms with Crippen molar-refractivity contribution in [2.45, 2.75) is 39.0 Å². The Balaban J connectivity index is 2.52. The van der Waals surface area contributed by atoms with Crippen LogP contribution in [-0.2, 0) is 4.79 Å². The van der Waals surface area contributed by atoms with Crippen LogP contribution in [-0.4, -0.2) is 5.91 Å². The van der Waals surface area contributed by atoms with E-state index in [2.05, 4.69) is 12.3 Å². The molecule has 3 N–H and O–H groups in total. The molecule has 2 unspecified atom stereocenters. The van der Waals surface area contributed by atoms with Crippen molar-refractivity contribution in [3.8, 4) is 0 Å². The third kappa shape index (κ3) is 1.97.